The summed E-state index contributed by atoms with van der Waals surface area (Å²) < 4.78 is 13.7. The molecule has 2 bridgehead atoms. The third-order valence-electron chi connectivity index (χ3n) is 6.59. The largest absolute Gasteiger partial charge is 0.459 e. The van der Waals surface area contributed by atoms with E-state index >= 15 is 0 Å². The Balaban J connectivity index is 1.41. The number of fused-ring (bicyclic) bond motifs is 3. The molecule has 0 saturated carbocycles. The van der Waals surface area contributed by atoms with Crippen molar-refractivity contribution in [2.45, 2.75) is 56.3 Å². The zero-order valence-corrected chi connectivity index (χ0v) is 15.3. The molecule has 5 nitrogen and oxygen atoms in total. The first-order valence-corrected chi connectivity index (χ1v) is 9.81. The van der Waals surface area contributed by atoms with Gasteiger partial charge in [0.1, 0.15) is 6.10 Å². The number of nitrogens with zero attached hydrogens (tertiary/aromatic N) is 2. The molecule has 1 aromatic heterocycles. The number of ether oxygens (including phenoxy) is 2. The van der Waals surface area contributed by atoms with Crippen molar-refractivity contribution >= 4 is 16.9 Å². The van der Waals surface area contributed by atoms with E-state index < -0.39 is 0 Å². The Morgan fingerprint density at radius 1 is 1.12 bits per heavy atom. The Bertz CT molecular complexity index is 810. The highest BCUT2D eigenvalue weighted by molar-refractivity contribution is 6.04. The molecule has 3 aliphatic rings. The smallest absolute Gasteiger partial charge is 0.340 e. The molecule has 4 atom stereocenters. The molecule has 26 heavy (non-hydrogen) atoms. The highest BCUT2D eigenvalue weighted by Gasteiger charge is 2.40. The maximum atomic E-state index is 13.0. The van der Waals surface area contributed by atoms with Crippen molar-refractivity contribution < 1.29 is 14.3 Å². The van der Waals surface area contributed by atoms with Crippen LogP contribution in [-0.2, 0) is 9.47 Å². The Morgan fingerprint density at radius 2 is 1.88 bits per heavy atom. The molecule has 2 aromatic rings. The number of aromatic nitrogens is 1. The van der Waals surface area contributed by atoms with Crippen LogP contribution < -0.4 is 0 Å². The molecule has 0 amide bonds. The number of benzene rings is 1. The molecule has 0 spiro atoms. The lowest BCUT2D eigenvalue weighted by Gasteiger charge is -2.35. The summed E-state index contributed by atoms with van der Waals surface area (Å²) in [6, 6.07) is 9.58. The van der Waals surface area contributed by atoms with Crippen LogP contribution in [0, 0.1) is 0 Å². The van der Waals surface area contributed by atoms with Crippen LogP contribution in [0.3, 0.4) is 0 Å². The maximum absolute atomic E-state index is 13.0. The number of carbonyl (C=O) groups excluding carboxylic acids is 1. The average molecular weight is 354 g/mol. The van der Waals surface area contributed by atoms with Gasteiger partial charge in [-0.25, -0.2) is 4.79 Å². The van der Waals surface area contributed by atoms with Crippen LogP contribution in [0.25, 0.3) is 10.9 Å². The summed E-state index contributed by atoms with van der Waals surface area (Å²) in [5, 5.41) is 0.986. The Labute approximate surface area is 153 Å². The molecule has 3 saturated heterocycles. The van der Waals surface area contributed by atoms with E-state index in [4.69, 9.17) is 9.47 Å². The molecule has 1 aromatic carbocycles. The lowest BCUT2D eigenvalue weighted by Crippen LogP contribution is -2.43. The first-order valence-electron chi connectivity index (χ1n) is 9.81. The highest BCUT2D eigenvalue weighted by Crippen LogP contribution is 2.36. The zero-order chi connectivity index (χ0) is 17.7. The molecule has 0 radical (unpaired) electrons. The number of carbonyl (C=O) groups is 1. The fourth-order valence-electron chi connectivity index (χ4n) is 5.08. The van der Waals surface area contributed by atoms with E-state index in [2.05, 4.69) is 22.6 Å². The number of piperidine rings is 1. The Kier molecular flexibility index (Phi) is 4.02. The molecule has 0 N–H and O–H groups in total. The molecule has 0 aliphatic carbocycles. The van der Waals surface area contributed by atoms with Crippen molar-refractivity contribution in [3.8, 4) is 0 Å². The second-order valence-corrected chi connectivity index (χ2v) is 8.03. The number of hydrogen-bond donors (Lipinski definition) is 0. The molecule has 5 heteroatoms. The van der Waals surface area contributed by atoms with Crippen LogP contribution in [0.1, 0.15) is 48.5 Å². The zero-order valence-electron chi connectivity index (χ0n) is 15.3. The summed E-state index contributed by atoms with van der Waals surface area (Å²) in [6.07, 6.45) is 7.42. The predicted octanol–water partition coefficient (Wildman–Crippen LogP) is 3.38. The number of para-hydroxylation sites is 1. The van der Waals surface area contributed by atoms with Gasteiger partial charge in [-0.15, -0.1) is 0 Å². The molecule has 5 rings (SSSR count). The lowest BCUT2D eigenvalue weighted by molar-refractivity contribution is -0.000291. The summed E-state index contributed by atoms with van der Waals surface area (Å²) in [7, 11) is 2.21. The van der Waals surface area contributed by atoms with Gasteiger partial charge in [0.25, 0.3) is 0 Å². The predicted molar refractivity (Wildman–Crippen MR) is 99.4 cm³/mol. The molecule has 3 aliphatic heterocycles. The summed E-state index contributed by atoms with van der Waals surface area (Å²) in [6.45, 7) is 1.50. The van der Waals surface area contributed by atoms with Crippen molar-refractivity contribution in [3.05, 3.63) is 36.0 Å². The van der Waals surface area contributed by atoms with E-state index in [0.717, 1.165) is 36.8 Å². The second-order valence-electron chi connectivity index (χ2n) is 8.03. The van der Waals surface area contributed by atoms with Crippen LogP contribution in [0.15, 0.2) is 30.5 Å². The van der Waals surface area contributed by atoms with Crippen LogP contribution in [0.5, 0.6) is 0 Å². The molecular weight excluding hydrogens is 328 g/mol. The number of rotatable bonds is 3. The minimum absolute atomic E-state index is 0.0492. The standard InChI is InChI=1S/C21H26N2O3/c1-22-14-6-7-15(22)11-17(10-14)26-21(24)19-12-23(16-8-9-25-13-16)20-5-3-2-4-18(19)20/h2-5,12,14-17H,6-11,13H2,1H3/t14-,15+,16-,17?/m1/s1. The first-order chi connectivity index (χ1) is 12.7. The minimum Gasteiger partial charge on any atom is -0.459 e. The molecular formula is C21H26N2O3. The molecule has 3 fully saturated rings. The number of esters is 1. The molecule has 138 valence electrons. The van der Waals surface area contributed by atoms with Crippen molar-refractivity contribution in [2.75, 3.05) is 20.3 Å². The molecule has 4 heterocycles. The Hall–Kier alpha value is -1.85. The summed E-state index contributed by atoms with van der Waals surface area (Å²) in [5.74, 6) is -0.173. The van der Waals surface area contributed by atoms with Gasteiger partial charge in [-0.3, -0.25) is 0 Å². The number of hydrogen-bond acceptors (Lipinski definition) is 4. The third kappa shape index (κ3) is 2.65. The van der Waals surface area contributed by atoms with Crippen LogP contribution in [0.2, 0.25) is 0 Å². The van der Waals surface area contributed by atoms with Crippen LogP contribution in [0.4, 0.5) is 0 Å². The van der Waals surface area contributed by atoms with E-state index in [1.54, 1.807) is 0 Å². The maximum Gasteiger partial charge on any atom is 0.340 e. The fourth-order valence-corrected chi connectivity index (χ4v) is 5.08. The summed E-state index contributed by atoms with van der Waals surface area (Å²) in [5.41, 5.74) is 1.79. The molecule has 1 unspecified atom stereocenters. The van der Waals surface area contributed by atoms with Gasteiger partial charge < -0.3 is 18.9 Å². The average Bonchev–Trinajstić information content (AvgIpc) is 3.33. The van der Waals surface area contributed by atoms with Gasteiger partial charge >= 0.3 is 5.97 Å². The topological polar surface area (TPSA) is 43.7 Å². The van der Waals surface area contributed by atoms with E-state index in [0.29, 0.717) is 30.3 Å². The second kappa shape index (κ2) is 6.39. The normalized spacial score (nSPS) is 31.6. The summed E-state index contributed by atoms with van der Waals surface area (Å²) >= 11 is 0. The monoisotopic (exact) mass is 354 g/mol. The van der Waals surface area contributed by atoms with Gasteiger partial charge in [0.15, 0.2) is 0 Å². The van der Waals surface area contributed by atoms with Gasteiger partial charge in [0, 0.05) is 48.6 Å². The van der Waals surface area contributed by atoms with E-state index in [1.165, 1.54) is 12.8 Å². The van der Waals surface area contributed by atoms with Gasteiger partial charge in [-0.2, -0.15) is 0 Å². The SMILES string of the molecule is CN1[C@@H]2CC[C@H]1CC(OC(=O)c1cn([C@@H]3CCOC3)c3ccccc13)C2. The highest BCUT2D eigenvalue weighted by atomic mass is 16.5. The van der Waals surface area contributed by atoms with Crippen LogP contribution >= 0.6 is 0 Å². The van der Waals surface area contributed by atoms with Crippen molar-refractivity contribution in [1.29, 1.82) is 0 Å². The van der Waals surface area contributed by atoms with Gasteiger partial charge in [-0.05, 0) is 32.4 Å². The van der Waals surface area contributed by atoms with E-state index in [-0.39, 0.29) is 12.1 Å². The minimum atomic E-state index is -0.173. The van der Waals surface area contributed by atoms with E-state index in [9.17, 15) is 4.79 Å². The van der Waals surface area contributed by atoms with Crippen molar-refractivity contribution in [2.24, 2.45) is 0 Å². The van der Waals surface area contributed by atoms with Crippen LogP contribution in [-0.4, -0.2) is 53.9 Å². The first kappa shape index (κ1) is 16.3. The Morgan fingerprint density at radius 3 is 2.62 bits per heavy atom. The summed E-state index contributed by atoms with van der Waals surface area (Å²) in [4.78, 5) is 15.5. The third-order valence-corrected chi connectivity index (χ3v) is 6.59. The van der Waals surface area contributed by atoms with Gasteiger partial charge in [0.2, 0.25) is 0 Å². The van der Waals surface area contributed by atoms with Gasteiger partial charge in [-0.1, -0.05) is 18.2 Å². The lowest BCUT2D eigenvalue weighted by atomic mass is 10.0. The fraction of sp³-hybridized carbons (Fsp3) is 0.571. The van der Waals surface area contributed by atoms with Crippen molar-refractivity contribution in [3.63, 3.8) is 0 Å². The quantitative estimate of drug-likeness (QED) is 0.793. The van der Waals surface area contributed by atoms with Crippen molar-refractivity contribution in [1.82, 2.24) is 9.47 Å². The van der Waals surface area contributed by atoms with Gasteiger partial charge in [0.05, 0.1) is 18.2 Å². The van der Waals surface area contributed by atoms with E-state index in [1.807, 2.05) is 24.4 Å².